The van der Waals surface area contributed by atoms with E-state index < -0.39 is 35.9 Å². The minimum Gasteiger partial charge on any atom is -0.456 e. The summed E-state index contributed by atoms with van der Waals surface area (Å²) in [5.41, 5.74) is 0.430. The van der Waals surface area contributed by atoms with Crippen LogP contribution in [0.1, 0.15) is 24.0 Å². The summed E-state index contributed by atoms with van der Waals surface area (Å²) in [6.45, 7) is -0.700. The third kappa shape index (κ3) is 5.33. The molecule has 2 aromatic carbocycles. The summed E-state index contributed by atoms with van der Waals surface area (Å²) in [7, 11) is 0. The van der Waals surface area contributed by atoms with E-state index in [9.17, 15) is 22.8 Å². The molecule has 3 rings (SSSR count). The zero-order valence-corrected chi connectivity index (χ0v) is 16.4. The first kappa shape index (κ1) is 21.7. The van der Waals surface area contributed by atoms with Gasteiger partial charge >= 0.3 is 12.1 Å². The Kier molecular flexibility index (Phi) is 6.66. The lowest BCUT2D eigenvalue weighted by atomic mass is 10.1. The number of carbonyl (C=O) groups is 2. The predicted octanol–water partition coefficient (Wildman–Crippen LogP) is 5.34. The van der Waals surface area contributed by atoms with Gasteiger partial charge in [-0.1, -0.05) is 35.9 Å². The Hall–Kier alpha value is -3.00. The van der Waals surface area contributed by atoms with E-state index in [-0.39, 0.29) is 11.4 Å². The Morgan fingerprint density at radius 3 is 2.63 bits per heavy atom. The summed E-state index contributed by atoms with van der Waals surface area (Å²) in [4.78, 5) is 27.0. The molecule has 1 amide bonds. The molecule has 158 valence electrons. The van der Waals surface area contributed by atoms with Crippen molar-refractivity contribution in [3.05, 3.63) is 64.8 Å². The monoisotopic (exact) mass is 438 g/mol. The van der Waals surface area contributed by atoms with Gasteiger partial charge in [0.25, 0.3) is 5.91 Å². The number of fused-ring (bicyclic) bond motifs is 1. The van der Waals surface area contributed by atoms with Crippen molar-refractivity contribution >= 4 is 40.1 Å². The largest absolute Gasteiger partial charge is 0.456 e. The Balaban J connectivity index is 1.48. The summed E-state index contributed by atoms with van der Waals surface area (Å²) >= 11 is 5.78. The first-order valence-electron chi connectivity index (χ1n) is 9.12. The van der Waals surface area contributed by atoms with Crippen LogP contribution in [0, 0.1) is 0 Å². The van der Waals surface area contributed by atoms with Gasteiger partial charge in [-0.05, 0) is 36.6 Å². The molecular weight excluding hydrogens is 421 g/mol. The molecule has 0 aliphatic carbocycles. The number of anilines is 1. The number of halogens is 4. The van der Waals surface area contributed by atoms with Gasteiger partial charge in [0.05, 0.1) is 16.3 Å². The number of aryl methyl sites for hydroxylation is 1. The van der Waals surface area contributed by atoms with E-state index in [4.69, 9.17) is 16.3 Å². The Morgan fingerprint density at radius 1 is 1.10 bits per heavy atom. The molecule has 0 atom stereocenters. The van der Waals surface area contributed by atoms with Gasteiger partial charge in [0.1, 0.15) is 0 Å². The molecule has 0 unspecified atom stereocenters. The number of aromatic nitrogens is 1. The van der Waals surface area contributed by atoms with Crippen LogP contribution in [0.25, 0.3) is 10.9 Å². The van der Waals surface area contributed by atoms with Crippen LogP contribution in [0.2, 0.25) is 5.02 Å². The van der Waals surface area contributed by atoms with Crippen molar-refractivity contribution in [3.63, 3.8) is 0 Å². The molecule has 5 nitrogen and oxygen atoms in total. The van der Waals surface area contributed by atoms with Crippen LogP contribution in [0.4, 0.5) is 18.9 Å². The molecule has 0 radical (unpaired) electrons. The molecule has 0 saturated heterocycles. The van der Waals surface area contributed by atoms with Crippen LogP contribution in [0.3, 0.4) is 0 Å². The number of aromatic amines is 1. The molecule has 30 heavy (non-hydrogen) atoms. The zero-order chi connectivity index (χ0) is 21.7. The first-order chi connectivity index (χ1) is 14.3. The lowest BCUT2D eigenvalue weighted by Crippen LogP contribution is -2.23. The van der Waals surface area contributed by atoms with Gasteiger partial charge in [0.2, 0.25) is 0 Å². The van der Waals surface area contributed by atoms with Crippen molar-refractivity contribution in [1.29, 1.82) is 0 Å². The van der Waals surface area contributed by atoms with E-state index in [0.717, 1.165) is 28.6 Å². The maximum atomic E-state index is 13.0. The second-order valence-corrected chi connectivity index (χ2v) is 6.99. The number of amides is 1. The lowest BCUT2D eigenvalue weighted by Gasteiger charge is -2.15. The van der Waals surface area contributed by atoms with Crippen molar-refractivity contribution in [2.45, 2.75) is 25.4 Å². The standard InChI is InChI=1S/C21H18ClF3N2O3/c22-16-8-4-7-15(21(23,24)25)20(16)27-18(28)12-30-19(29)10-3-5-13-11-26-17-9-2-1-6-14(13)17/h1-2,4,6-9,11,26H,3,5,10,12H2,(H,27,28). The number of alkyl halides is 3. The summed E-state index contributed by atoms with van der Waals surface area (Å²) in [5.74, 6) is -1.52. The number of hydrogen-bond donors (Lipinski definition) is 2. The molecule has 1 aromatic heterocycles. The number of benzene rings is 2. The van der Waals surface area contributed by atoms with Crippen molar-refractivity contribution in [2.75, 3.05) is 11.9 Å². The number of ether oxygens (including phenoxy) is 1. The van der Waals surface area contributed by atoms with Gasteiger partial charge in [-0.2, -0.15) is 13.2 Å². The number of H-pyrrole nitrogens is 1. The molecule has 0 fully saturated rings. The molecule has 0 spiro atoms. The van der Waals surface area contributed by atoms with Crippen LogP contribution < -0.4 is 5.32 Å². The number of hydrogen-bond acceptors (Lipinski definition) is 3. The van der Waals surface area contributed by atoms with Crippen LogP contribution in [0.5, 0.6) is 0 Å². The molecule has 3 aromatic rings. The van der Waals surface area contributed by atoms with Crippen molar-refractivity contribution in [3.8, 4) is 0 Å². The zero-order valence-electron chi connectivity index (χ0n) is 15.7. The summed E-state index contributed by atoms with van der Waals surface area (Å²) in [6.07, 6.45) is -1.59. The van der Waals surface area contributed by atoms with Gasteiger partial charge < -0.3 is 15.0 Å². The highest BCUT2D eigenvalue weighted by atomic mass is 35.5. The van der Waals surface area contributed by atoms with Gasteiger partial charge in [-0.15, -0.1) is 0 Å². The number of esters is 1. The normalized spacial score (nSPS) is 11.5. The third-order valence-electron chi connectivity index (χ3n) is 4.45. The fourth-order valence-electron chi connectivity index (χ4n) is 3.04. The summed E-state index contributed by atoms with van der Waals surface area (Å²) in [5, 5.41) is 2.88. The second kappa shape index (κ2) is 9.21. The van der Waals surface area contributed by atoms with Gasteiger partial charge in [-0.3, -0.25) is 9.59 Å². The van der Waals surface area contributed by atoms with Gasteiger partial charge in [-0.25, -0.2) is 0 Å². The number of para-hydroxylation sites is 2. The molecular formula is C21H18ClF3N2O3. The average Bonchev–Trinajstić information content (AvgIpc) is 3.10. The van der Waals surface area contributed by atoms with Crippen LogP contribution >= 0.6 is 11.6 Å². The summed E-state index contributed by atoms with van der Waals surface area (Å²) in [6, 6.07) is 10.9. The van der Waals surface area contributed by atoms with Crippen LogP contribution in [-0.4, -0.2) is 23.5 Å². The Labute approximate surface area is 175 Å². The molecule has 0 aliphatic heterocycles. The van der Waals surface area contributed by atoms with E-state index in [1.54, 1.807) is 0 Å². The highest BCUT2D eigenvalue weighted by molar-refractivity contribution is 6.34. The third-order valence-corrected chi connectivity index (χ3v) is 4.76. The maximum absolute atomic E-state index is 13.0. The van der Waals surface area contributed by atoms with E-state index >= 15 is 0 Å². The first-order valence-corrected chi connectivity index (χ1v) is 9.49. The minimum absolute atomic E-state index is 0.0761. The smallest absolute Gasteiger partial charge is 0.418 e. The summed E-state index contributed by atoms with van der Waals surface area (Å²) < 4.78 is 44.0. The minimum atomic E-state index is -4.69. The highest BCUT2D eigenvalue weighted by Gasteiger charge is 2.34. The van der Waals surface area contributed by atoms with Crippen molar-refractivity contribution < 1.29 is 27.5 Å². The molecule has 9 heteroatoms. The quantitative estimate of drug-likeness (QED) is 0.489. The highest BCUT2D eigenvalue weighted by Crippen LogP contribution is 2.38. The SMILES string of the molecule is O=C(COC(=O)CCCc1c[nH]c2ccccc12)Nc1c(Cl)cccc1C(F)(F)F. The van der Waals surface area contributed by atoms with Crippen molar-refractivity contribution in [1.82, 2.24) is 4.98 Å². The molecule has 0 bridgehead atoms. The van der Waals surface area contributed by atoms with Gasteiger partial charge in [0, 0.05) is 23.5 Å². The second-order valence-electron chi connectivity index (χ2n) is 6.58. The Bertz CT molecular complexity index is 1060. The fraction of sp³-hybridized carbons (Fsp3) is 0.238. The van der Waals surface area contributed by atoms with Crippen molar-refractivity contribution in [2.24, 2.45) is 0 Å². The number of nitrogens with one attached hydrogen (secondary N) is 2. The van der Waals surface area contributed by atoms with E-state index in [2.05, 4.69) is 10.3 Å². The molecule has 1 heterocycles. The molecule has 0 aliphatic rings. The maximum Gasteiger partial charge on any atom is 0.418 e. The van der Waals surface area contributed by atoms with E-state index in [1.165, 1.54) is 6.07 Å². The van der Waals surface area contributed by atoms with Crippen LogP contribution in [-0.2, 0) is 26.9 Å². The Morgan fingerprint density at radius 2 is 1.87 bits per heavy atom. The average molecular weight is 439 g/mol. The number of rotatable bonds is 7. The number of carbonyl (C=O) groups excluding carboxylic acids is 2. The predicted molar refractivity (Wildman–Crippen MR) is 107 cm³/mol. The van der Waals surface area contributed by atoms with E-state index in [0.29, 0.717) is 12.8 Å². The van der Waals surface area contributed by atoms with Crippen LogP contribution in [0.15, 0.2) is 48.7 Å². The molecule has 2 N–H and O–H groups in total. The topological polar surface area (TPSA) is 71.2 Å². The lowest BCUT2D eigenvalue weighted by molar-refractivity contribution is -0.147. The fourth-order valence-corrected chi connectivity index (χ4v) is 3.26. The molecule has 0 saturated carbocycles. The van der Waals surface area contributed by atoms with E-state index in [1.807, 2.05) is 30.5 Å². The van der Waals surface area contributed by atoms with Gasteiger partial charge in [0.15, 0.2) is 6.61 Å².